The zero-order valence-electron chi connectivity index (χ0n) is 20.5. The molecule has 1 unspecified atom stereocenters. The molecule has 184 valence electrons. The van der Waals surface area contributed by atoms with E-state index >= 15 is 0 Å². The summed E-state index contributed by atoms with van der Waals surface area (Å²) in [4.78, 5) is 15.7. The molecule has 1 aliphatic carbocycles. The van der Waals surface area contributed by atoms with Gasteiger partial charge in [0, 0.05) is 22.2 Å². The fourth-order valence-electron chi connectivity index (χ4n) is 5.26. The van der Waals surface area contributed by atoms with E-state index in [1.807, 2.05) is 36.4 Å². The van der Waals surface area contributed by atoms with E-state index in [1.165, 1.54) is 0 Å². The van der Waals surface area contributed by atoms with Crippen LogP contribution in [0.25, 0.3) is 11.3 Å². The number of fused-ring (bicyclic) bond motifs is 1. The highest BCUT2D eigenvalue weighted by molar-refractivity contribution is 6.30. The molecule has 1 aliphatic heterocycles. The molecule has 1 amide bonds. The first-order valence-electron chi connectivity index (χ1n) is 12.5. The number of hydrogen-bond acceptors (Lipinski definition) is 4. The molecule has 1 N–H and O–H groups in total. The summed E-state index contributed by atoms with van der Waals surface area (Å²) in [6, 6.07) is 13.6. The first-order chi connectivity index (χ1) is 17.0. The van der Waals surface area contributed by atoms with Gasteiger partial charge < -0.3 is 14.4 Å². The maximum Gasteiger partial charge on any atom is 0.273 e. The van der Waals surface area contributed by atoms with Crippen LogP contribution in [-0.4, -0.2) is 40.8 Å². The molecular formula is C28H32ClN3O3. The molecule has 1 saturated carbocycles. The second kappa shape index (κ2) is 9.94. The number of ether oxygens (including phenoxy) is 2. The third kappa shape index (κ3) is 4.52. The van der Waals surface area contributed by atoms with Crippen molar-refractivity contribution in [2.45, 2.75) is 58.0 Å². The van der Waals surface area contributed by atoms with Crippen LogP contribution in [-0.2, 0) is 0 Å². The number of aromatic nitrogens is 2. The summed E-state index contributed by atoms with van der Waals surface area (Å²) >= 11 is 6.13. The molecule has 2 heterocycles. The molecule has 6 nitrogen and oxygen atoms in total. The molecule has 35 heavy (non-hydrogen) atoms. The number of carbonyl (C=O) groups is 1. The molecule has 1 aromatic heterocycles. The van der Waals surface area contributed by atoms with Gasteiger partial charge in [-0.25, -0.2) is 0 Å². The topological polar surface area (TPSA) is 67.5 Å². The second-order valence-electron chi connectivity index (χ2n) is 9.86. The fourth-order valence-corrected chi connectivity index (χ4v) is 5.38. The fraction of sp³-hybridized carbons (Fsp3) is 0.429. The lowest BCUT2D eigenvalue weighted by Gasteiger charge is -2.32. The normalized spacial score (nSPS) is 17.9. The molecule has 5 rings (SSSR count). The summed E-state index contributed by atoms with van der Waals surface area (Å²) in [7, 11) is 1.66. The molecule has 3 aromatic rings. The van der Waals surface area contributed by atoms with Gasteiger partial charge >= 0.3 is 0 Å². The van der Waals surface area contributed by atoms with Crippen molar-refractivity contribution in [3.63, 3.8) is 0 Å². The summed E-state index contributed by atoms with van der Waals surface area (Å²) in [5, 5.41) is 8.29. The quantitative estimate of drug-likeness (QED) is 0.381. The van der Waals surface area contributed by atoms with E-state index in [0.29, 0.717) is 29.0 Å². The number of aromatic amines is 1. The Kier molecular flexibility index (Phi) is 6.74. The highest BCUT2D eigenvalue weighted by Crippen LogP contribution is 2.47. The highest BCUT2D eigenvalue weighted by Gasteiger charge is 2.46. The Balaban J connectivity index is 1.57. The average Bonchev–Trinajstić information content (AvgIpc) is 3.58. The second-order valence-corrected chi connectivity index (χ2v) is 10.3. The first-order valence-corrected chi connectivity index (χ1v) is 12.8. The van der Waals surface area contributed by atoms with Gasteiger partial charge in [0.15, 0.2) is 11.5 Å². The zero-order valence-corrected chi connectivity index (χ0v) is 21.3. The summed E-state index contributed by atoms with van der Waals surface area (Å²) < 4.78 is 11.7. The minimum atomic E-state index is -0.247. The third-order valence-corrected chi connectivity index (χ3v) is 7.35. The maximum atomic E-state index is 13.7. The van der Waals surface area contributed by atoms with Crippen molar-refractivity contribution in [3.8, 4) is 22.8 Å². The van der Waals surface area contributed by atoms with Crippen molar-refractivity contribution in [1.82, 2.24) is 15.1 Å². The number of hydrogen-bond donors (Lipinski definition) is 1. The maximum absolute atomic E-state index is 13.7. The van der Waals surface area contributed by atoms with E-state index in [9.17, 15) is 4.79 Å². The van der Waals surface area contributed by atoms with E-state index in [1.54, 1.807) is 7.11 Å². The van der Waals surface area contributed by atoms with Crippen LogP contribution in [0.1, 0.15) is 73.6 Å². The van der Waals surface area contributed by atoms with E-state index in [2.05, 4.69) is 35.0 Å². The molecule has 1 atom stereocenters. The predicted molar refractivity (Wildman–Crippen MR) is 137 cm³/mol. The van der Waals surface area contributed by atoms with E-state index in [0.717, 1.165) is 60.2 Å². The molecular weight excluding hydrogens is 462 g/mol. The number of rotatable bonds is 8. The smallest absolute Gasteiger partial charge is 0.273 e. The molecule has 2 aromatic carbocycles. The Morgan fingerprint density at radius 2 is 1.86 bits per heavy atom. The van der Waals surface area contributed by atoms with Crippen LogP contribution in [0.5, 0.6) is 11.5 Å². The van der Waals surface area contributed by atoms with Crippen LogP contribution in [0.3, 0.4) is 0 Å². The Morgan fingerprint density at radius 1 is 1.11 bits per heavy atom. The number of benzene rings is 2. The highest BCUT2D eigenvalue weighted by atomic mass is 35.5. The molecule has 2 aliphatic rings. The van der Waals surface area contributed by atoms with E-state index in [-0.39, 0.29) is 18.0 Å². The number of methoxy groups -OCH3 is 1. The van der Waals surface area contributed by atoms with Gasteiger partial charge in [0.1, 0.15) is 5.69 Å². The van der Waals surface area contributed by atoms with Gasteiger partial charge in [0.2, 0.25) is 0 Å². The van der Waals surface area contributed by atoms with Crippen molar-refractivity contribution in [2.75, 3.05) is 13.7 Å². The lowest BCUT2D eigenvalue weighted by Crippen LogP contribution is -2.37. The van der Waals surface area contributed by atoms with Crippen LogP contribution < -0.4 is 9.47 Å². The Hall–Kier alpha value is -2.99. The van der Waals surface area contributed by atoms with Crippen LogP contribution in [0, 0.1) is 5.92 Å². The molecule has 0 bridgehead atoms. The van der Waals surface area contributed by atoms with Gasteiger partial charge in [0.25, 0.3) is 5.91 Å². The summed E-state index contributed by atoms with van der Waals surface area (Å²) in [5.41, 5.74) is 4.20. The standard InChI is InChI=1S/C28H32ClN3O3/c1-17(2)14-15-35-22-13-10-19(16-23(22)34-3)27-24-25(18-8-11-20(29)12-9-18)30-31-26(24)28(33)32(27)21-6-4-5-7-21/h8-13,16-17,21,27H,4-7,14-15H2,1-3H3,(H,30,31). The van der Waals surface area contributed by atoms with Crippen LogP contribution in [0.2, 0.25) is 5.02 Å². The van der Waals surface area contributed by atoms with Crippen LogP contribution in [0.4, 0.5) is 0 Å². The monoisotopic (exact) mass is 493 g/mol. The van der Waals surface area contributed by atoms with Crippen molar-refractivity contribution >= 4 is 17.5 Å². The lowest BCUT2D eigenvalue weighted by atomic mass is 9.95. The number of H-pyrrole nitrogens is 1. The number of halogens is 1. The zero-order chi connectivity index (χ0) is 24.5. The number of nitrogens with one attached hydrogen (secondary N) is 1. The lowest BCUT2D eigenvalue weighted by molar-refractivity contribution is 0.0660. The number of carbonyl (C=O) groups excluding carboxylic acids is 1. The van der Waals surface area contributed by atoms with Gasteiger partial charge in [0.05, 0.1) is 25.5 Å². The molecule has 1 fully saturated rings. The summed E-state index contributed by atoms with van der Waals surface area (Å²) in [5.74, 6) is 1.98. The van der Waals surface area contributed by atoms with E-state index < -0.39 is 0 Å². The molecule has 7 heteroatoms. The van der Waals surface area contributed by atoms with Crippen LogP contribution >= 0.6 is 11.6 Å². The molecule has 0 saturated heterocycles. The average molecular weight is 494 g/mol. The van der Waals surface area contributed by atoms with Crippen molar-refractivity contribution < 1.29 is 14.3 Å². The van der Waals surface area contributed by atoms with Crippen molar-refractivity contribution in [3.05, 3.63) is 64.3 Å². The Morgan fingerprint density at radius 3 is 2.54 bits per heavy atom. The largest absolute Gasteiger partial charge is 0.493 e. The van der Waals surface area contributed by atoms with Crippen LogP contribution in [0.15, 0.2) is 42.5 Å². The minimum Gasteiger partial charge on any atom is -0.493 e. The van der Waals surface area contributed by atoms with Crippen molar-refractivity contribution in [2.24, 2.45) is 5.92 Å². The summed E-state index contributed by atoms with van der Waals surface area (Å²) in [6.45, 7) is 4.99. The molecule has 0 radical (unpaired) electrons. The summed E-state index contributed by atoms with van der Waals surface area (Å²) in [6.07, 6.45) is 5.29. The number of amides is 1. The van der Waals surface area contributed by atoms with Gasteiger partial charge in [-0.1, -0.05) is 56.5 Å². The predicted octanol–water partition coefficient (Wildman–Crippen LogP) is 6.65. The molecule has 0 spiro atoms. The Bertz CT molecular complexity index is 1200. The van der Waals surface area contributed by atoms with Crippen molar-refractivity contribution in [1.29, 1.82) is 0 Å². The van der Waals surface area contributed by atoms with Gasteiger partial charge in [-0.2, -0.15) is 5.10 Å². The number of nitrogens with zero attached hydrogens (tertiary/aromatic N) is 2. The van der Waals surface area contributed by atoms with Gasteiger partial charge in [-0.05, 0) is 55.0 Å². The first kappa shape index (κ1) is 23.7. The van der Waals surface area contributed by atoms with E-state index in [4.69, 9.17) is 21.1 Å². The van der Waals surface area contributed by atoms with Gasteiger partial charge in [-0.15, -0.1) is 0 Å². The minimum absolute atomic E-state index is 0.0147. The van der Waals surface area contributed by atoms with Gasteiger partial charge in [-0.3, -0.25) is 9.89 Å². The third-order valence-electron chi connectivity index (χ3n) is 7.10. The SMILES string of the molecule is COc1cc(C2c3c(-c4ccc(Cl)cc4)n[nH]c3C(=O)N2C2CCCC2)ccc1OCCC(C)C. The Labute approximate surface area is 211 Å².